The molecule has 0 atom stereocenters. The van der Waals surface area contributed by atoms with Gasteiger partial charge in [-0.25, -0.2) is 9.50 Å². The van der Waals surface area contributed by atoms with Crippen LogP contribution in [0.25, 0.3) is 17.3 Å². The highest BCUT2D eigenvalue weighted by molar-refractivity contribution is 5.91. The number of aryl methyl sites for hydroxylation is 2. The number of H-pyrrole nitrogens is 1. The average Bonchev–Trinajstić information content (AvgIpc) is 3.33. The molecule has 4 aromatic rings. The van der Waals surface area contributed by atoms with E-state index in [0.29, 0.717) is 35.4 Å². The van der Waals surface area contributed by atoms with Crippen LogP contribution >= 0.6 is 0 Å². The maximum Gasteiger partial charge on any atom is 0.305 e. The Kier molecular flexibility index (Phi) is 4.68. The van der Waals surface area contributed by atoms with Crippen LogP contribution in [0.4, 0.5) is 14.7 Å². The summed E-state index contributed by atoms with van der Waals surface area (Å²) in [7, 11) is 0. The predicted molar refractivity (Wildman–Crippen MR) is 102 cm³/mol. The van der Waals surface area contributed by atoms with Crippen molar-refractivity contribution >= 4 is 17.6 Å². The van der Waals surface area contributed by atoms with Gasteiger partial charge in [-0.3, -0.25) is 20.2 Å². The highest BCUT2D eigenvalue weighted by Gasteiger charge is 2.31. The van der Waals surface area contributed by atoms with Crippen molar-refractivity contribution in [2.24, 2.45) is 0 Å². The summed E-state index contributed by atoms with van der Waals surface area (Å²) in [5, 5.41) is 13.1. The molecule has 4 rings (SSSR count). The van der Waals surface area contributed by atoms with Crippen molar-refractivity contribution in [3.8, 4) is 11.5 Å². The first-order chi connectivity index (χ1) is 14.2. The molecular weight excluding hydrogens is 396 g/mol. The Hall–Kier alpha value is -3.83. The number of amides is 1. The minimum absolute atomic E-state index is 0.0552. The molecule has 0 radical (unpaired) electrons. The Morgan fingerprint density at radius 3 is 2.73 bits per heavy atom. The van der Waals surface area contributed by atoms with Gasteiger partial charge in [-0.1, -0.05) is 6.07 Å². The number of nitrogens with one attached hydrogen (secondary N) is 2. The Morgan fingerprint density at radius 1 is 1.23 bits per heavy atom. The maximum atomic E-state index is 13.6. The number of alkyl halides is 2. The van der Waals surface area contributed by atoms with E-state index in [9.17, 15) is 13.6 Å². The van der Waals surface area contributed by atoms with Crippen molar-refractivity contribution in [3.63, 3.8) is 0 Å². The summed E-state index contributed by atoms with van der Waals surface area (Å²) in [4.78, 5) is 28.9. The lowest BCUT2D eigenvalue weighted by Crippen LogP contribution is -2.18. The number of hydrogen-bond acceptors (Lipinski definition) is 7. The molecule has 0 aliphatic heterocycles. The number of aromatic nitrogens is 8. The molecule has 0 aliphatic rings. The van der Waals surface area contributed by atoms with E-state index in [1.165, 1.54) is 4.52 Å². The molecule has 0 bridgehead atoms. The van der Waals surface area contributed by atoms with Gasteiger partial charge in [0.15, 0.2) is 5.82 Å². The molecule has 0 spiro atoms. The van der Waals surface area contributed by atoms with Crippen LogP contribution in [0.2, 0.25) is 0 Å². The first-order valence-corrected chi connectivity index (χ1v) is 8.97. The lowest BCUT2D eigenvalue weighted by molar-refractivity contribution is -0.115. The first-order valence-electron chi connectivity index (χ1n) is 8.97. The number of fused-ring (bicyclic) bond motifs is 1. The Balaban J connectivity index is 1.55. The zero-order valence-corrected chi connectivity index (χ0v) is 16.3. The van der Waals surface area contributed by atoms with Gasteiger partial charge in [-0.15, -0.1) is 10.2 Å². The molecule has 1 amide bonds. The van der Waals surface area contributed by atoms with Gasteiger partial charge in [0.2, 0.25) is 17.7 Å². The van der Waals surface area contributed by atoms with Gasteiger partial charge < -0.3 is 0 Å². The third-order valence-corrected chi connectivity index (χ3v) is 4.42. The minimum atomic E-state index is -3.19. The summed E-state index contributed by atoms with van der Waals surface area (Å²) in [5.41, 5.74) is 2.13. The number of anilines is 1. The van der Waals surface area contributed by atoms with Gasteiger partial charge in [0.05, 0.1) is 6.42 Å². The molecule has 10 nitrogen and oxygen atoms in total. The number of rotatable bonds is 5. The smallest absolute Gasteiger partial charge is 0.293 e. The molecule has 0 saturated heterocycles. The summed E-state index contributed by atoms with van der Waals surface area (Å²) in [6, 6.07) is 5.34. The molecule has 4 heterocycles. The van der Waals surface area contributed by atoms with Gasteiger partial charge in [-0.2, -0.15) is 18.7 Å². The van der Waals surface area contributed by atoms with Crippen LogP contribution in [0.5, 0.6) is 0 Å². The number of carbonyl (C=O) groups excluding carboxylic acids is 1. The number of aromatic amines is 1. The molecule has 0 saturated carbocycles. The van der Waals surface area contributed by atoms with Gasteiger partial charge in [0.25, 0.3) is 5.78 Å². The van der Waals surface area contributed by atoms with Crippen molar-refractivity contribution in [2.75, 3.05) is 5.32 Å². The number of carbonyl (C=O) groups is 1. The maximum absolute atomic E-state index is 13.6. The highest BCUT2D eigenvalue weighted by Crippen LogP contribution is 2.25. The standard InChI is InChI=1S/C18H17F2N9O/c1-9-11(10(2)29-17(22-9)25-15(28-29)18(3,19)20)8-13(30)23-16-24-14(26-27-16)12-6-4-5-7-21-12/h4-7H,8H2,1-3H3,(H2,23,24,26,27,30). The van der Waals surface area contributed by atoms with Crippen LogP contribution < -0.4 is 5.32 Å². The van der Waals surface area contributed by atoms with E-state index in [-0.39, 0.29) is 18.1 Å². The van der Waals surface area contributed by atoms with Gasteiger partial charge >= 0.3 is 5.92 Å². The zero-order chi connectivity index (χ0) is 21.5. The van der Waals surface area contributed by atoms with Crippen molar-refractivity contribution in [1.29, 1.82) is 0 Å². The van der Waals surface area contributed by atoms with Crippen molar-refractivity contribution < 1.29 is 13.6 Å². The zero-order valence-electron chi connectivity index (χ0n) is 16.3. The highest BCUT2D eigenvalue weighted by atomic mass is 19.3. The van der Waals surface area contributed by atoms with E-state index >= 15 is 0 Å². The largest absolute Gasteiger partial charge is 0.305 e. The molecular formula is C18H17F2N9O. The average molecular weight is 413 g/mol. The lowest BCUT2D eigenvalue weighted by Gasteiger charge is -2.09. The lowest BCUT2D eigenvalue weighted by atomic mass is 10.1. The van der Waals surface area contributed by atoms with Crippen LogP contribution in [0.15, 0.2) is 24.4 Å². The minimum Gasteiger partial charge on any atom is -0.293 e. The van der Waals surface area contributed by atoms with E-state index in [2.05, 4.69) is 40.5 Å². The number of hydrogen-bond donors (Lipinski definition) is 2. The van der Waals surface area contributed by atoms with Gasteiger partial charge in [-0.05, 0) is 26.0 Å². The molecule has 0 unspecified atom stereocenters. The number of pyridine rings is 1. The fraction of sp³-hybridized carbons (Fsp3) is 0.278. The van der Waals surface area contributed by atoms with Crippen LogP contribution in [0.3, 0.4) is 0 Å². The van der Waals surface area contributed by atoms with E-state index < -0.39 is 17.7 Å². The first kappa shape index (κ1) is 19.5. The Morgan fingerprint density at radius 2 is 2.03 bits per heavy atom. The fourth-order valence-electron chi connectivity index (χ4n) is 2.91. The molecule has 4 aromatic heterocycles. The van der Waals surface area contributed by atoms with Crippen molar-refractivity contribution in [2.45, 2.75) is 33.1 Å². The molecule has 30 heavy (non-hydrogen) atoms. The Labute approximate surface area is 168 Å². The van der Waals surface area contributed by atoms with Crippen molar-refractivity contribution in [3.05, 3.63) is 47.2 Å². The van der Waals surface area contributed by atoms with Crippen LogP contribution in [-0.2, 0) is 17.1 Å². The summed E-state index contributed by atoms with van der Waals surface area (Å²) in [6.07, 6.45) is 1.56. The third kappa shape index (κ3) is 3.71. The number of nitrogens with zero attached hydrogens (tertiary/aromatic N) is 7. The monoisotopic (exact) mass is 413 g/mol. The molecule has 154 valence electrons. The molecule has 2 N–H and O–H groups in total. The quantitative estimate of drug-likeness (QED) is 0.514. The fourth-order valence-corrected chi connectivity index (χ4v) is 2.91. The molecule has 0 aromatic carbocycles. The summed E-state index contributed by atoms with van der Waals surface area (Å²) >= 11 is 0. The van der Waals surface area contributed by atoms with E-state index in [1.54, 1.807) is 32.2 Å². The Bertz CT molecular complexity index is 1230. The molecule has 12 heteroatoms. The topological polar surface area (TPSA) is 127 Å². The summed E-state index contributed by atoms with van der Waals surface area (Å²) in [5.74, 6) is -3.64. The molecule has 0 aliphatic carbocycles. The normalized spacial score (nSPS) is 11.8. The van der Waals surface area contributed by atoms with E-state index in [0.717, 1.165) is 0 Å². The molecule has 0 fully saturated rings. The van der Waals surface area contributed by atoms with Crippen LogP contribution in [0.1, 0.15) is 29.7 Å². The van der Waals surface area contributed by atoms with Crippen molar-refractivity contribution in [1.82, 2.24) is 39.7 Å². The van der Waals surface area contributed by atoms with Gasteiger partial charge in [0, 0.05) is 30.1 Å². The predicted octanol–water partition coefficient (Wildman–Crippen LogP) is 2.21. The number of halogens is 2. The van der Waals surface area contributed by atoms with E-state index in [1.807, 2.05) is 6.07 Å². The third-order valence-electron chi connectivity index (χ3n) is 4.42. The second-order valence-electron chi connectivity index (χ2n) is 6.74. The van der Waals surface area contributed by atoms with Crippen LogP contribution in [-0.4, -0.2) is 45.7 Å². The second kappa shape index (κ2) is 7.21. The van der Waals surface area contributed by atoms with Crippen LogP contribution in [0, 0.1) is 13.8 Å². The summed E-state index contributed by atoms with van der Waals surface area (Å²) in [6.45, 7) is 4.07. The van der Waals surface area contributed by atoms with Gasteiger partial charge in [0.1, 0.15) is 5.69 Å². The van der Waals surface area contributed by atoms with E-state index in [4.69, 9.17) is 0 Å². The SMILES string of the molecule is Cc1nc2nc(C(C)(F)F)nn2c(C)c1CC(=O)Nc1n[nH]c(-c2ccccn2)n1. The second-order valence-corrected chi connectivity index (χ2v) is 6.74. The summed E-state index contributed by atoms with van der Waals surface area (Å²) < 4.78 is 28.3.